The minimum Gasteiger partial charge on any atom is -0.449 e. The number of thioether (sulfide) groups is 1. The first-order chi connectivity index (χ1) is 9.52. The number of furan rings is 1. The van der Waals surface area contributed by atoms with E-state index in [9.17, 15) is 9.59 Å². The van der Waals surface area contributed by atoms with Gasteiger partial charge in [0.2, 0.25) is 5.76 Å². The third-order valence-electron chi connectivity index (χ3n) is 2.99. The molecule has 3 rings (SSSR count). The second-order valence-corrected chi connectivity index (χ2v) is 5.91. The maximum Gasteiger partial charge on any atom is 0.285 e. The first-order valence-corrected chi connectivity index (χ1v) is 7.66. The normalized spacial score (nSPS) is 11.3. The molecule has 0 bridgehead atoms. The van der Waals surface area contributed by atoms with Crippen LogP contribution in [0.15, 0.2) is 36.8 Å². The van der Waals surface area contributed by atoms with Crippen molar-refractivity contribution in [2.24, 2.45) is 5.73 Å². The number of aromatic amines is 1. The largest absolute Gasteiger partial charge is 0.449 e. The van der Waals surface area contributed by atoms with E-state index < -0.39 is 5.91 Å². The lowest BCUT2D eigenvalue weighted by Gasteiger charge is -1.99. The van der Waals surface area contributed by atoms with Crippen LogP contribution in [0.1, 0.15) is 10.6 Å². The Morgan fingerprint density at radius 3 is 2.85 bits per heavy atom. The zero-order valence-corrected chi connectivity index (χ0v) is 12.7. The number of H-pyrrole nitrogens is 1. The molecule has 20 heavy (non-hydrogen) atoms. The van der Waals surface area contributed by atoms with Gasteiger partial charge in [0.1, 0.15) is 5.39 Å². The van der Waals surface area contributed by atoms with Gasteiger partial charge in [-0.25, -0.2) is 0 Å². The van der Waals surface area contributed by atoms with Gasteiger partial charge in [-0.05, 0) is 24.5 Å². The van der Waals surface area contributed by atoms with Crippen LogP contribution in [-0.4, -0.2) is 17.1 Å². The molecular weight excluding hydrogens is 344 g/mol. The highest BCUT2D eigenvalue weighted by atomic mass is 79.9. The number of fused-ring (bicyclic) bond motifs is 3. The van der Waals surface area contributed by atoms with Gasteiger partial charge in [-0.1, -0.05) is 15.9 Å². The highest BCUT2D eigenvalue weighted by Crippen LogP contribution is 2.34. The number of hydrogen-bond donors (Lipinski definition) is 2. The SMILES string of the molecule is CSc1c(C(N)=O)oc2c1c(=O)[nH]c1ccc(Br)cc12. The van der Waals surface area contributed by atoms with Crippen LogP contribution in [0.25, 0.3) is 21.9 Å². The quantitative estimate of drug-likeness (QED) is 0.694. The number of nitrogens with one attached hydrogen (secondary N) is 1. The summed E-state index contributed by atoms with van der Waals surface area (Å²) in [4.78, 5) is 26.9. The van der Waals surface area contributed by atoms with E-state index in [4.69, 9.17) is 10.2 Å². The minimum atomic E-state index is -0.687. The fourth-order valence-electron chi connectivity index (χ4n) is 2.17. The van der Waals surface area contributed by atoms with Crippen molar-refractivity contribution in [2.75, 3.05) is 6.26 Å². The summed E-state index contributed by atoms with van der Waals surface area (Å²) >= 11 is 4.64. The van der Waals surface area contributed by atoms with E-state index >= 15 is 0 Å². The highest BCUT2D eigenvalue weighted by Gasteiger charge is 2.22. The summed E-state index contributed by atoms with van der Waals surface area (Å²) < 4.78 is 6.41. The van der Waals surface area contributed by atoms with Crippen molar-refractivity contribution >= 4 is 55.5 Å². The van der Waals surface area contributed by atoms with Crippen molar-refractivity contribution in [3.63, 3.8) is 0 Å². The molecule has 2 heterocycles. The molecule has 2 aromatic heterocycles. The first-order valence-electron chi connectivity index (χ1n) is 5.64. The predicted octanol–water partition coefficient (Wildman–Crippen LogP) is 2.86. The number of halogens is 1. The molecule has 5 nitrogen and oxygen atoms in total. The molecule has 0 fully saturated rings. The molecule has 1 aromatic carbocycles. The molecule has 0 radical (unpaired) electrons. The highest BCUT2D eigenvalue weighted by molar-refractivity contribution is 9.10. The number of primary amides is 1. The van der Waals surface area contributed by atoms with Gasteiger partial charge < -0.3 is 15.1 Å². The van der Waals surface area contributed by atoms with Crippen molar-refractivity contribution in [1.82, 2.24) is 4.98 Å². The van der Waals surface area contributed by atoms with Gasteiger partial charge >= 0.3 is 0 Å². The van der Waals surface area contributed by atoms with Crippen LogP contribution in [0.4, 0.5) is 0 Å². The molecule has 7 heteroatoms. The fraction of sp³-hybridized carbons (Fsp3) is 0.0769. The number of hydrogen-bond acceptors (Lipinski definition) is 4. The Bertz CT molecular complexity index is 913. The predicted molar refractivity (Wildman–Crippen MR) is 82.3 cm³/mol. The standard InChI is InChI=1S/C13H9BrN2O3S/c1-20-11-8-9(19-10(11)12(15)17)6-4-5(14)2-3-7(6)16-13(8)18/h2-4H,1H3,(H2,15,17)(H,16,18). The molecule has 1 amide bonds. The monoisotopic (exact) mass is 352 g/mol. The van der Waals surface area contributed by atoms with Gasteiger partial charge in [0.15, 0.2) is 5.58 Å². The molecule has 0 saturated carbocycles. The number of nitrogens with two attached hydrogens (primary N) is 1. The molecule has 0 aliphatic rings. The Labute approximate surface area is 125 Å². The number of carbonyl (C=O) groups excluding carboxylic acids is 1. The second kappa shape index (κ2) is 4.68. The second-order valence-electron chi connectivity index (χ2n) is 4.18. The summed E-state index contributed by atoms with van der Waals surface area (Å²) in [5.41, 5.74) is 6.03. The maximum absolute atomic E-state index is 12.2. The molecule has 0 spiro atoms. The van der Waals surface area contributed by atoms with E-state index in [-0.39, 0.29) is 11.3 Å². The Morgan fingerprint density at radius 2 is 2.20 bits per heavy atom. The molecule has 0 aliphatic carbocycles. The van der Waals surface area contributed by atoms with Crippen LogP contribution in [0.3, 0.4) is 0 Å². The molecule has 0 unspecified atom stereocenters. The number of amides is 1. The topological polar surface area (TPSA) is 89.1 Å². The maximum atomic E-state index is 12.2. The van der Waals surface area contributed by atoms with Gasteiger partial charge in [-0.15, -0.1) is 11.8 Å². The number of aromatic nitrogens is 1. The van der Waals surface area contributed by atoms with E-state index in [0.29, 0.717) is 21.4 Å². The molecule has 0 atom stereocenters. The Balaban J connectivity index is 2.59. The summed E-state index contributed by atoms with van der Waals surface area (Å²) in [6.07, 6.45) is 1.77. The molecule has 0 aliphatic heterocycles. The average molecular weight is 353 g/mol. The van der Waals surface area contributed by atoms with Crippen molar-refractivity contribution in [1.29, 1.82) is 0 Å². The van der Waals surface area contributed by atoms with E-state index in [2.05, 4.69) is 20.9 Å². The average Bonchev–Trinajstić information content (AvgIpc) is 2.80. The Kier molecular flexibility index (Phi) is 3.10. The number of benzene rings is 1. The smallest absolute Gasteiger partial charge is 0.285 e. The van der Waals surface area contributed by atoms with Crippen LogP contribution in [-0.2, 0) is 0 Å². The van der Waals surface area contributed by atoms with E-state index in [1.807, 2.05) is 12.1 Å². The van der Waals surface area contributed by atoms with Crippen molar-refractivity contribution < 1.29 is 9.21 Å². The van der Waals surface area contributed by atoms with Crippen LogP contribution in [0, 0.1) is 0 Å². The summed E-state index contributed by atoms with van der Waals surface area (Å²) in [6.45, 7) is 0. The third kappa shape index (κ3) is 1.85. The fourth-order valence-corrected chi connectivity index (χ4v) is 3.25. The van der Waals surface area contributed by atoms with Gasteiger partial charge in [0.25, 0.3) is 11.5 Å². The van der Waals surface area contributed by atoms with Crippen LogP contribution in [0.2, 0.25) is 0 Å². The van der Waals surface area contributed by atoms with Crippen LogP contribution < -0.4 is 11.3 Å². The number of rotatable bonds is 2. The lowest BCUT2D eigenvalue weighted by molar-refractivity contribution is 0.0972. The lowest BCUT2D eigenvalue weighted by atomic mass is 10.2. The molecule has 0 saturated heterocycles. The minimum absolute atomic E-state index is 0.0190. The lowest BCUT2D eigenvalue weighted by Crippen LogP contribution is -2.11. The zero-order chi connectivity index (χ0) is 14.4. The van der Waals surface area contributed by atoms with Gasteiger partial charge in [-0.3, -0.25) is 9.59 Å². The van der Waals surface area contributed by atoms with Crippen molar-refractivity contribution in [3.05, 3.63) is 38.8 Å². The summed E-state index contributed by atoms with van der Waals surface area (Å²) in [6, 6.07) is 5.41. The van der Waals surface area contributed by atoms with Gasteiger partial charge in [0, 0.05) is 9.86 Å². The third-order valence-corrected chi connectivity index (χ3v) is 4.28. The molecule has 3 N–H and O–H groups in total. The first kappa shape index (κ1) is 13.3. The Hall–Kier alpha value is -1.73. The zero-order valence-electron chi connectivity index (χ0n) is 10.3. The van der Waals surface area contributed by atoms with Gasteiger partial charge in [-0.2, -0.15) is 0 Å². The summed E-state index contributed by atoms with van der Waals surface area (Å²) in [5.74, 6) is -0.668. The van der Waals surface area contributed by atoms with Crippen LogP contribution >= 0.6 is 27.7 Å². The van der Waals surface area contributed by atoms with Crippen molar-refractivity contribution in [3.8, 4) is 0 Å². The number of carbonyl (C=O) groups is 1. The molecule has 102 valence electrons. The molecular formula is C13H9BrN2O3S. The summed E-state index contributed by atoms with van der Waals surface area (Å²) in [7, 11) is 0. The van der Waals surface area contributed by atoms with E-state index in [0.717, 1.165) is 9.86 Å². The summed E-state index contributed by atoms with van der Waals surface area (Å²) in [5, 5.41) is 1.08. The van der Waals surface area contributed by atoms with Gasteiger partial charge in [0.05, 0.1) is 10.4 Å². The molecule has 3 aromatic rings. The van der Waals surface area contributed by atoms with Crippen LogP contribution in [0.5, 0.6) is 0 Å². The van der Waals surface area contributed by atoms with E-state index in [1.54, 1.807) is 12.3 Å². The Morgan fingerprint density at radius 1 is 1.45 bits per heavy atom. The number of pyridine rings is 1. The van der Waals surface area contributed by atoms with Crippen molar-refractivity contribution in [2.45, 2.75) is 4.90 Å². The van der Waals surface area contributed by atoms with E-state index in [1.165, 1.54) is 11.8 Å².